The minimum atomic E-state index is -0.679. The molecule has 0 radical (unpaired) electrons. The van der Waals surface area contributed by atoms with Gasteiger partial charge in [0.15, 0.2) is 11.2 Å². The van der Waals surface area contributed by atoms with Gasteiger partial charge in [0.1, 0.15) is 0 Å². The molecule has 8 heteroatoms. The molecule has 146 valence electrons. The number of imidazole rings is 1. The summed E-state index contributed by atoms with van der Waals surface area (Å²) in [6, 6.07) is 10.9. The number of rotatable bonds is 4. The lowest BCUT2D eigenvalue weighted by molar-refractivity contribution is -0.514. The number of aliphatic hydroxyl groups excluding tert-OH is 1. The molecule has 4 rings (SSSR count). The van der Waals surface area contributed by atoms with Gasteiger partial charge in [-0.25, -0.2) is 4.98 Å². The first-order chi connectivity index (χ1) is 13.5. The molecule has 0 bridgehead atoms. The van der Waals surface area contributed by atoms with Crippen LogP contribution in [-0.4, -0.2) is 41.4 Å². The zero-order chi connectivity index (χ0) is 19.7. The Labute approximate surface area is 172 Å². The number of ether oxygens (including phenoxy) is 1. The molecule has 0 unspecified atom stereocenters. The van der Waals surface area contributed by atoms with Gasteiger partial charge in [-0.15, -0.1) is 0 Å². The van der Waals surface area contributed by atoms with Gasteiger partial charge in [-0.3, -0.25) is 4.79 Å². The average molecular weight is 421 g/mol. The van der Waals surface area contributed by atoms with Crippen molar-refractivity contribution in [2.75, 3.05) is 19.8 Å². The van der Waals surface area contributed by atoms with E-state index in [4.69, 9.17) is 27.9 Å². The van der Waals surface area contributed by atoms with Gasteiger partial charge in [-0.2, -0.15) is 4.40 Å². The zero-order valence-corrected chi connectivity index (χ0v) is 16.6. The number of aromatic nitrogens is 2. The highest BCUT2D eigenvalue weighted by molar-refractivity contribution is 6.35. The molecule has 0 saturated carbocycles. The van der Waals surface area contributed by atoms with Crippen molar-refractivity contribution in [2.45, 2.75) is 18.4 Å². The number of carbonyl (C=O) groups excluding carboxylic acids is 1. The maximum absolute atomic E-state index is 13.1. The quantitative estimate of drug-likeness (QED) is 0.567. The molecular formula is C20H20Cl2N3O3+. The third kappa shape index (κ3) is 3.61. The molecule has 3 N–H and O–H groups in total. The number of aliphatic hydroxyl groups is 1. The van der Waals surface area contributed by atoms with Crippen molar-refractivity contribution >= 4 is 34.6 Å². The Bertz CT molecular complexity index is 1010. The highest BCUT2D eigenvalue weighted by Gasteiger charge is 2.37. The van der Waals surface area contributed by atoms with Crippen LogP contribution in [0, 0.1) is 0 Å². The van der Waals surface area contributed by atoms with E-state index in [0.717, 1.165) is 16.8 Å². The number of nitrogens with zero attached hydrogens (tertiary/aromatic N) is 1. The monoisotopic (exact) mass is 420 g/mol. The molecule has 1 saturated heterocycles. The summed E-state index contributed by atoms with van der Waals surface area (Å²) in [6.45, 7) is 0.875. The van der Waals surface area contributed by atoms with Crippen LogP contribution >= 0.6 is 23.2 Å². The number of H-pyrrole nitrogens is 1. The molecule has 1 amide bonds. The van der Waals surface area contributed by atoms with E-state index in [1.165, 1.54) is 0 Å². The van der Waals surface area contributed by atoms with Crippen LogP contribution < -0.4 is 9.72 Å². The molecule has 6 nitrogen and oxygen atoms in total. The predicted octanol–water partition coefficient (Wildman–Crippen LogP) is 3.00. The largest absolute Gasteiger partial charge is 0.394 e. The van der Waals surface area contributed by atoms with Crippen LogP contribution in [-0.2, 0) is 4.74 Å². The summed E-state index contributed by atoms with van der Waals surface area (Å²) in [5, 5.41) is 13.9. The van der Waals surface area contributed by atoms with Gasteiger partial charge < -0.3 is 15.2 Å². The SMILES string of the molecule is O=C(NC1(CO)CCOCC1)c1[nH]c(-c2cc(Cl)cc(Cl)c2)c2cccc[n+]12. The number of fused-ring (bicyclic) bond motifs is 1. The van der Waals surface area contributed by atoms with Gasteiger partial charge in [0, 0.05) is 28.8 Å². The number of hydrogen-bond donors (Lipinski definition) is 3. The van der Waals surface area contributed by atoms with Crippen molar-refractivity contribution in [1.82, 2.24) is 10.3 Å². The molecule has 3 heterocycles. The van der Waals surface area contributed by atoms with Crippen molar-refractivity contribution in [1.29, 1.82) is 0 Å². The Balaban J connectivity index is 1.76. The van der Waals surface area contributed by atoms with Gasteiger partial charge in [-0.05, 0) is 43.2 Å². The number of hydrogen-bond acceptors (Lipinski definition) is 3. The van der Waals surface area contributed by atoms with E-state index < -0.39 is 5.54 Å². The van der Waals surface area contributed by atoms with Gasteiger partial charge >= 0.3 is 11.7 Å². The van der Waals surface area contributed by atoms with Crippen LogP contribution in [0.25, 0.3) is 16.8 Å². The number of benzene rings is 1. The molecule has 1 fully saturated rings. The van der Waals surface area contributed by atoms with Crippen LogP contribution in [0.4, 0.5) is 0 Å². The third-order valence-electron chi connectivity index (χ3n) is 5.10. The van der Waals surface area contributed by atoms with Crippen molar-refractivity contribution in [3.05, 3.63) is 58.5 Å². The Kier molecular flexibility index (Phi) is 5.29. The zero-order valence-electron chi connectivity index (χ0n) is 15.0. The van der Waals surface area contributed by atoms with E-state index in [-0.39, 0.29) is 12.5 Å². The number of amides is 1. The summed E-state index contributed by atoms with van der Waals surface area (Å²) >= 11 is 12.3. The maximum atomic E-state index is 13.1. The molecule has 0 atom stereocenters. The summed E-state index contributed by atoms with van der Waals surface area (Å²) in [5.74, 6) is 0.0672. The van der Waals surface area contributed by atoms with Crippen molar-refractivity contribution in [2.24, 2.45) is 0 Å². The Morgan fingerprint density at radius 3 is 2.61 bits per heavy atom. The third-order valence-corrected chi connectivity index (χ3v) is 5.53. The van der Waals surface area contributed by atoms with Crippen LogP contribution in [0.15, 0.2) is 42.6 Å². The molecule has 1 aliphatic rings. The fraction of sp³-hybridized carbons (Fsp3) is 0.300. The fourth-order valence-electron chi connectivity index (χ4n) is 3.55. The van der Waals surface area contributed by atoms with Crippen LogP contribution in [0.3, 0.4) is 0 Å². The maximum Gasteiger partial charge on any atom is 0.351 e. The average Bonchev–Trinajstić information content (AvgIpc) is 3.08. The predicted molar refractivity (Wildman–Crippen MR) is 107 cm³/mol. The molecule has 1 aromatic carbocycles. The van der Waals surface area contributed by atoms with E-state index in [1.54, 1.807) is 22.6 Å². The van der Waals surface area contributed by atoms with E-state index in [2.05, 4.69) is 10.3 Å². The lowest BCUT2D eigenvalue weighted by Gasteiger charge is -2.35. The Morgan fingerprint density at radius 2 is 1.93 bits per heavy atom. The van der Waals surface area contributed by atoms with Gasteiger partial charge in [0.05, 0.1) is 18.3 Å². The minimum absolute atomic E-state index is 0.137. The summed E-state index contributed by atoms with van der Waals surface area (Å²) in [4.78, 5) is 16.3. The standard InChI is InChI=1S/C20H19Cl2N3O3/c21-14-9-13(10-15(22)11-14)17-16-3-1-2-6-25(16)18(23-17)19(27)24-20(12-26)4-7-28-8-5-20/h1-3,6,9-11,26H,4-5,7-8,12H2,(H,24,27)/p+1. The first-order valence-corrected chi connectivity index (χ1v) is 9.77. The molecule has 3 aromatic rings. The lowest BCUT2D eigenvalue weighted by Crippen LogP contribution is -2.55. The summed E-state index contributed by atoms with van der Waals surface area (Å²) < 4.78 is 7.15. The minimum Gasteiger partial charge on any atom is -0.394 e. The lowest BCUT2D eigenvalue weighted by atomic mass is 9.91. The van der Waals surface area contributed by atoms with Crippen LogP contribution in [0.2, 0.25) is 10.0 Å². The van der Waals surface area contributed by atoms with Crippen molar-refractivity contribution in [3.63, 3.8) is 0 Å². The van der Waals surface area contributed by atoms with E-state index in [9.17, 15) is 9.90 Å². The highest BCUT2D eigenvalue weighted by atomic mass is 35.5. The molecular weight excluding hydrogens is 401 g/mol. The number of nitrogens with one attached hydrogen (secondary N) is 2. The summed E-state index contributed by atoms with van der Waals surface area (Å²) in [7, 11) is 0. The number of pyridine rings is 1. The number of halogens is 2. The van der Waals surface area contributed by atoms with Crippen molar-refractivity contribution < 1.29 is 19.0 Å². The van der Waals surface area contributed by atoms with Crippen LogP contribution in [0.1, 0.15) is 23.5 Å². The van der Waals surface area contributed by atoms with Crippen LogP contribution in [0.5, 0.6) is 0 Å². The van der Waals surface area contributed by atoms with Gasteiger partial charge in [0.25, 0.3) is 0 Å². The molecule has 0 aliphatic carbocycles. The van der Waals surface area contributed by atoms with E-state index in [0.29, 0.717) is 41.9 Å². The second-order valence-corrected chi connectivity index (χ2v) is 7.84. The van der Waals surface area contributed by atoms with Crippen molar-refractivity contribution in [3.8, 4) is 11.3 Å². The second kappa shape index (κ2) is 7.72. The molecule has 1 aliphatic heterocycles. The Morgan fingerprint density at radius 1 is 1.21 bits per heavy atom. The summed E-state index contributed by atoms with van der Waals surface area (Å²) in [5.41, 5.74) is 1.65. The fourth-order valence-corrected chi connectivity index (χ4v) is 4.08. The molecule has 28 heavy (non-hydrogen) atoms. The highest BCUT2D eigenvalue weighted by Crippen LogP contribution is 2.28. The van der Waals surface area contributed by atoms with Gasteiger partial charge in [0.2, 0.25) is 0 Å². The van der Waals surface area contributed by atoms with E-state index in [1.807, 2.05) is 24.4 Å². The molecule has 0 spiro atoms. The first-order valence-electron chi connectivity index (χ1n) is 9.01. The number of aromatic amines is 1. The second-order valence-electron chi connectivity index (χ2n) is 6.97. The summed E-state index contributed by atoms with van der Waals surface area (Å²) in [6.07, 6.45) is 2.94. The topological polar surface area (TPSA) is 78.4 Å². The number of carbonyl (C=O) groups is 1. The first kappa shape index (κ1) is 19.2. The normalized spacial score (nSPS) is 16.2. The van der Waals surface area contributed by atoms with Gasteiger partial charge in [-0.1, -0.05) is 29.3 Å². The smallest absolute Gasteiger partial charge is 0.351 e. The Hall–Kier alpha value is -2.12. The van der Waals surface area contributed by atoms with E-state index >= 15 is 0 Å². The molecule has 2 aromatic heterocycles.